The van der Waals surface area contributed by atoms with E-state index in [1.54, 1.807) is 49.6 Å². The van der Waals surface area contributed by atoms with E-state index in [1.807, 2.05) is 0 Å². The average Bonchev–Trinajstić information content (AvgIpc) is 3.52. The van der Waals surface area contributed by atoms with Gasteiger partial charge in [-0.3, -0.25) is 14.4 Å². The number of nitrogens with one attached hydrogen (secondary N) is 2. The number of nitrogens with zero attached hydrogens (tertiary/aromatic N) is 1. The molecule has 0 radical (unpaired) electrons. The van der Waals surface area contributed by atoms with E-state index < -0.39 is 5.92 Å². The van der Waals surface area contributed by atoms with Crippen LogP contribution in [0.4, 0.5) is 11.4 Å². The van der Waals surface area contributed by atoms with Gasteiger partial charge in [0.15, 0.2) is 0 Å². The topological polar surface area (TPSA) is 106 Å². The van der Waals surface area contributed by atoms with Crippen LogP contribution >= 0.6 is 0 Å². The van der Waals surface area contributed by atoms with Gasteiger partial charge in [-0.1, -0.05) is 12.1 Å². The van der Waals surface area contributed by atoms with E-state index in [0.717, 1.165) is 12.8 Å². The Labute approximate surface area is 198 Å². The summed E-state index contributed by atoms with van der Waals surface area (Å²) < 4.78 is 16.2. The zero-order chi connectivity index (χ0) is 24.1. The van der Waals surface area contributed by atoms with E-state index >= 15 is 0 Å². The Kier molecular flexibility index (Phi) is 7.32. The Morgan fingerprint density at radius 1 is 1.15 bits per heavy atom. The van der Waals surface area contributed by atoms with Crippen molar-refractivity contribution in [3.05, 3.63) is 48.0 Å². The molecule has 3 amide bonds. The summed E-state index contributed by atoms with van der Waals surface area (Å²) in [5.74, 6) is -0.266. The van der Waals surface area contributed by atoms with Crippen molar-refractivity contribution in [3.63, 3.8) is 0 Å². The molecule has 2 atom stereocenters. The number of para-hydroxylation sites is 1. The highest BCUT2D eigenvalue weighted by molar-refractivity contribution is 6.07. The molecule has 34 heavy (non-hydrogen) atoms. The maximum Gasteiger partial charge on any atom is 0.253 e. The van der Waals surface area contributed by atoms with Crippen LogP contribution in [-0.4, -0.2) is 57.7 Å². The number of carbonyl (C=O) groups is 3. The summed E-state index contributed by atoms with van der Waals surface area (Å²) in [5, 5.41) is 5.72. The van der Waals surface area contributed by atoms with Crippen molar-refractivity contribution >= 4 is 29.1 Å². The maximum atomic E-state index is 13.1. The third-order valence-corrected chi connectivity index (χ3v) is 6.12. The number of methoxy groups -OCH3 is 2. The van der Waals surface area contributed by atoms with Crippen LogP contribution in [0.2, 0.25) is 0 Å². The molecule has 2 saturated heterocycles. The zero-order valence-electron chi connectivity index (χ0n) is 19.3. The number of hydrogen-bond donors (Lipinski definition) is 2. The first-order valence-electron chi connectivity index (χ1n) is 11.3. The zero-order valence-corrected chi connectivity index (χ0v) is 19.3. The van der Waals surface area contributed by atoms with Crippen molar-refractivity contribution < 1.29 is 28.6 Å². The van der Waals surface area contributed by atoms with Gasteiger partial charge in [0.1, 0.15) is 11.5 Å². The van der Waals surface area contributed by atoms with Gasteiger partial charge >= 0.3 is 0 Å². The highest BCUT2D eigenvalue weighted by Gasteiger charge is 2.37. The predicted molar refractivity (Wildman–Crippen MR) is 126 cm³/mol. The van der Waals surface area contributed by atoms with E-state index in [-0.39, 0.29) is 36.8 Å². The lowest BCUT2D eigenvalue weighted by molar-refractivity contribution is -0.122. The standard InChI is InChI=1S/C25H29N3O6/c1-32-17-9-10-22(33-2)21(13-17)28-15-16(12-23(28)29)24(30)27-20-8-4-3-7-19(20)25(31)26-14-18-6-5-11-34-18/h3-4,7-10,13,16,18H,5-6,11-12,14-15H2,1-2H3,(H,26,31)(H,27,30)/t16-,18+/m0/s1. The highest BCUT2D eigenvalue weighted by Crippen LogP contribution is 2.36. The number of rotatable bonds is 8. The summed E-state index contributed by atoms with van der Waals surface area (Å²) in [6, 6.07) is 12.0. The number of benzene rings is 2. The highest BCUT2D eigenvalue weighted by atomic mass is 16.5. The fourth-order valence-corrected chi connectivity index (χ4v) is 4.26. The Hall–Kier alpha value is -3.59. The molecule has 2 aromatic rings. The lowest BCUT2D eigenvalue weighted by atomic mass is 10.1. The Balaban J connectivity index is 1.44. The minimum atomic E-state index is -0.577. The quantitative estimate of drug-likeness (QED) is 0.618. The average molecular weight is 468 g/mol. The third-order valence-electron chi connectivity index (χ3n) is 6.12. The van der Waals surface area contributed by atoms with Gasteiger partial charge in [-0.25, -0.2) is 0 Å². The van der Waals surface area contributed by atoms with Gasteiger partial charge < -0.3 is 29.7 Å². The summed E-state index contributed by atoms with van der Waals surface area (Å²) in [6.45, 7) is 1.34. The van der Waals surface area contributed by atoms with Crippen LogP contribution in [0.5, 0.6) is 11.5 Å². The van der Waals surface area contributed by atoms with Crippen molar-refractivity contribution in [1.82, 2.24) is 5.32 Å². The minimum absolute atomic E-state index is 0.0230. The van der Waals surface area contributed by atoms with Crippen LogP contribution < -0.4 is 25.0 Å². The van der Waals surface area contributed by atoms with Crippen LogP contribution in [0.15, 0.2) is 42.5 Å². The van der Waals surface area contributed by atoms with Crippen LogP contribution in [0.1, 0.15) is 29.6 Å². The molecular weight excluding hydrogens is 438 g/mol. The van der Waals surface area contributed by atoms with Crippen LogP contribution in [0.3, 0.4) is 0 Å². The molecule has 0 bridgehead atoms. The van der Waals surface area contributed by atoms with Crippen LogP contribution in [0, 0.1) is 5.92 Å². The van der Waals surface area contributed by atoms with Crippen molar-refractivity contribution in [2.24, 2.45) is 5.92 Å². The molecule has 0 aromatic heterocycles. The van der Waals surface area contributed by atoms with Gasteiger partial charge in [-0.05, 0) is 37.1 Å². The predicted octanol–water partition coefficient (Wildman–Crippen LogP) is 2.60. The van der Waals surface area contributed by atoms with Gasteiger partial charge in [-0.15, -0.1) is 0 Å². The van der Waals surface area contributed by atoms with Crippen LogP contribution in [0.25, 0.3) is 0 Å². The molecule has 2 aliphatic rings. The molecule has 2 fully saturated rings. The first-order chi connectivity index (χ1) is 16.5. The summed E-state index contributed by atoms with van der Waals surface area (Å²) in [4.78, 5) is 40.1. The number of amides is 3. The Bertz CT molecular complexity index is 1070. The second-order valence-corrected chi connectivity index (χ2v) is 8.32. The van der Waals surface area contributed by atoms with E-state index in [9.17, 15) is 14.4 Å². The minimum Gasteiger partial charge on any atom is -0.497 e. The van der Waals surface area contributed by atoms with Crippen LogP contribution in [-0.2, 0) is 14.3 Å². The largest absolute Gasteiger partial charge is 0.497 e. The van der Waals surface area contributed by atoms with E-state index in [2.05, 4.69) is 10.6 Å². The molecular formula is C25H29N3O6. The first-order valence-corrected chi connectivity index (χ1v) is 11.3. The van der Waals surface area contributed by atoms with Crippen molar-refractivity contribution in [1.29, 1.82) is 0 Å². The summed E-state index contributed by atoms with van der Waals surface area (Å²) >= 11 is 0. The summed E-state index contributed by atoms with van der Waals surface area (Å²) in [5.41, 5.74) is 1.32. The van der Waals surface area contributed by atoms with Crippen molar-refractivity contribution in [3.8, 4) is 11.5 Å². The molecule has 2 heterocycles. The fourth-order valence-electron chi connectivity index (χ4n) is 4.26. The van der Waals surface area contributed by atoms with Gasteiger partial charge in [0, 0.05) is 32.2 Å². The maximum absolute atomic E-state index is 13.1. The molecule has 0 unspecified atom stereocenters. The van der Waals surface area contributed by atoms with E-state index in [0.29, 0.717) is 41.6 Å². The number of hydrogen-bond acceptors (Lipinski definition) is 6. The lowest BCUT2D eigenvalue weighted by Gasteiger charge is -2.20. The molecule has 0 aliphatic carbocycles. The molecule has 9 heteroatoms. The summed E-state index contributed by atoms with van der Waals surface area (Å²) in [7, 11) is 3.07. The van der Waals surface area contributed by atoms with Crippen molar-refractivity contribution in [2.45, 2.75) is 25.4 Å². The molecule has 2 N–H and O–H groups in total. The Morgan fingerprint density at radius 3 is 2.71 bits per heavy atom. The number of carbonyl (C=O) groups excluding carboxylic acids is 3. The normalized spacial score (nSPS) is 19.7. The molecule has 0 spiro atoms. The molecule has 9 nitrogen and oxygen atoms in total. The lowest BCUT2D eigenvalue weighted by Crippen LogP contribution is -2.33. The molecule has 4 rings (SSSR count). The van der Waals surface area contributed by atoms with Gasteiger partial charge in [-0.2, -0.15) is 0 Å². The SMILES string of the molecule is COc1ccc(OC)c(N2C[C@@H](C(=O)Nc3ccccc3C(=O)NC[C@H]3CCCO3)CC2=O)c1. The number of anilines is 2. The second-order valence-electron chi connectivity index (χ2n) is 8.32. The molecule has 2 aromatic carbocycles. The van der Waals surface area contributed by atoms with E-state index in [4.69, 9.17) is 14.2 Å². The first kappa shape index (κ1) is 23.6. The Morgan fingerprint density at radius 2 is 1.97 bits per heavy atom. The van der Waals surface area contributed by atoms with Gasteiger partial charge in [0.05, 0.1) is 43.2 Å². The number of ether oxygens (including phenoxy) is 3. The van der Waals surface area contributed by atoms with Gasteiger partial charge in [0.25, 0.3) is 5.91 Å². The molecule has 0 saturated carbocycles. The monoisotopic (exact) mass is 467 g/mol. The third kappa shape index (κ3) is 5.14. The second kappa shape index (κ2) is 10.6. The van der Waals surface area contributed by atoms with Crippen molar-refractivity contribution in [2.75, 3.05) is 44.1 Å². The molecule has 2 aliphatic heterocycles. The van der Waals surface area contributed by atoms with Gasteiger partial charge in [0.2, 0.25) is 11.8 Å². The van der Waals surface area contributed by atoms with E-state index in [1.165, 1.54) is 12.0 Å². The summed E-state index contributed by atoms with van der Waals surface area (Å²) in [6.07, 6.45) is 1.99. The molecule has 180 valence electrons. The fraction of sp³-hybridized carbons (Fsp3) is 0.400. The smallest absolute Gasteiger partial charge is 0.253 e.